The second-order valence-corrected chi connectivity index (χ2v) is 9.36. The van der Waals surface area contributed by atoms with E-state index in [0.29, 0.717) is 6.04 Å². The number of rotatable bonds is 3. The molecule has 0 amide bonds. The average Bonchev–Trinajstić information content (AvgIpc) is 3.50. The summed E-state index contributed by atoms with van der Waals surface area (Å²) < 4.78 is 44.5. The molecule has 0 N–H and O–H groups in total. The Labute approximate surface area is 198 Å². The van der Waals surface area contributed by atoms with Crippen LogP contribution < -0.4 is 0 Å². The average molecular weight is 504 g/mol. The molecule has 0 spiro atoms. The molecule has 1 saturated carbocycles. The fourth-order valence-corrected chi connectivity index (χ4v) is 4.43. The van der Waals surface area contributed by atoms with Gasteiger partial charge in [0.2, 0.25) is 0 Å². The lowest BCUT2D eigenvalue weighted by molar-refractivity contribution is -0.170. The van der Waals surface area contributed by atoms with Crippen LogP contribution in [0.2, 0.25) is 0 Å². The van der Waals surface area contributed by atoms with Crippen molar-refractivity contribution in [1.82, 2.24) is 24.5 Å². The van der Waals surface area contributed by atoms with Crippen LogP contribution in [0.4, 0.5) is 17.6 Å². The van der Waals surface area contributed by atoms with Gasteiger partial charge in [0.05, 0.1) is 11.7 Å². The van der Waals surface area contributed by atoms with Gasteiger partial charge in [0.15, 0.2) is 11.6 Å². The largest absolute Gasteiger partial charge is 0.452 e. The summed E-state index contributed by atoms with van der Waals surface area (Å²) in [6.07, 6.45) is 1.90. The Balaban J connectivity index is 0.000000281. The topological polar surface area (TPSA) is 48.5 Å². The van der Waals surface area contributed by atoms with E-state index in [1.807, 2.05) is 6.07 Å². The van der Waals surface area contributed by atoms with Crippen LogP contribution in [-0.2, 0) is 19.4 Å². The molecule has 0 radical (unpaired) electrons. The van der Waals surface area contributed by atoms with E-state index in [1.165, 1.54) is 42.6 Å². The summed E-state index contributed by atoms with van der Waals surface area (Å²) in [7, 11) is 0. The van der Waals surface area contributed by atoms with E-state index in [-0.39, 0.29) is 0 Å². The predicted octanol–water partition coefficient (Wildman–Crippen LogP) is 6.69. The van der Waals surface area contributed by atoms with E-state index in [9.17, 15) is 17.6 Å². The molecule has 2 aromatic heterocycles. The number of aromatic nitrogens is 5. The Bertz CT molecular complexity index is 1080. The molecule has 2 aliphatic rings. The maximum Gasteiger partial charge on any atom is 0.452 e. The molecule has 0 unspecified atom stereocenters. The Morgan fingerprint density at radius 3 is 2.18 bits per heavy atom. The molecule has 5 nitrogen and oxygen atoms in total. The molecule has 3 heterocycles. The van der Waals surface area contributed by atoms with Crippen molar-refractivity contribution in [2.75, 3.05) is 0 Å². The molecule has 33 heavy (non-hydrogen) atoms. The smallest absolute Gasteiger partial charge is 0.305 e. The van der Waals surface area contributed by atoms with Gasteiger partial charge in [0.1, 0.15) is 5.69 Å². The number of aryl methyl sites for hydroxylation is 1. The van der Waals surface area contributed by atoms with Crippen molar-refractivity contribution in [1.29, 1.82) is 0 Å². The van der Waals surface area contributed by atoms with Gasteiger partial charge < -0.3 is 4.57 Å². The summed E-state index contributed by atoms with van der Waals surface area (Å²) in [5.74, 6) is 1.97. The molecular weight excluding hydrogens is 481 g/mol. The highest BCUT2D eigenvalue weighted by atomic mass is 35.5. The summed E-state index contributed by atoms with van der Waals surface area (Å²) in [4.78, 5) is 0. The van der Waals surface area contributed by atoms with Crippen LogP contribution in [-0.4, -0.2) is 35.3 Å². The Morgan fingerprint density at radius 1 is 1.00 bits per heavy atom. The van der Waals surface area contributed by atoms with Crippen molar-refractivity contribution in [2.45, 2.75) is 68.8 Å². The molecule has 5 rings (SSSR count). The molecule has 3 aromatic rings. The van der Waals surface area contributed by atoms with Gasteiger partial charge in [-0.05, 0) is 25.7 Å². The molecular formula is C22H23Cl2F4N5. The molecule has 178 valence electrons. The molecule has 1 fully saturated rings. The van der Waals surface area contributed by atoms with Gasteiger partial charge in [-0.3, -0.25) is 4.68 Å². The van der Waals surface area contributed by atoms with Gasteiger partial charge >= 0.3 is 10.8 Å². The molecule has 1 aliphatic carbocycles. The van der Waals surface area contributed by atoms with Crippen molar-refractivity contribution in [2.24, 2.45) is 0 Å². The van der Waals surface area contributed by atoms with Gasteiger partial charge in [0.25, 0.3) is 0 Å². The SMILES string of the molecule is CCc1nn(C2CCCC2)c2c1CCn1c(-c3ccccc3)nnc1-2.FC(F)(F)C(F)(Cl)Cl. The van der Waals surface area contributed by atoms with E-state index in [0.717, 1.165) is 36.6 Å². The van der Waals surface area contributed by atoms with E-state index in [2.05, 4.69) is 73.8 Å². The first-order valence-electron chi connectivity index (χ1n) is 10.8. The minimum atomic E-state index is -5.20. The van der Waals surface area contributed by atoms with Gasteiger partial charge in [0, 0.05) is 17.7 Å². The predicted molar refractivity (Wildman–Crippen MR) is 119 cm³/mol. The van der Waals surface area contributed by atoms with Crippen LogP contribution in [0.3, 0.4) is 0 Å². The summed E-state index contributed by atoms with van der Waals surface area (Å²) in [6, 6.07) is 10.9. The summed E-state index contributed by atoms with van der Waals surface area (Å²) in [5, 5.41) is 14.2. The first kappa shape index (κ1) is 24.0. The third kappa shape index (κ3) is 4.75. The minimum absolute atomic E-state index is 0.525. The Kier molecular flexibility index (Phi) is 6.73. The van der Waals surface area contributed by atoms with Crippen molar-refractivity contribution in [3.05, 3.63) is 41.6 Å². The van der Waals surface area contributed by atoms with Crippen LogP contribution in [0.15, 0.2) is 30.3 Å². The maximum atomic E-state index is 11.3. The number of nitrogens with zero attached hydrogens (tertiary/aromatic N) is 5. The maximum absolute atomic E-state index is 11.3. The number of alkyl halides is 6. The van der Waals surface area contributed by atoms with Crippen LogP contribution in [0.5, 0.6) is 0 Å². The minimum Gasteiger partial charge on any atom is -0.305 e. The second kappa shape index (κ2) is 9.25. The molecule has 0 atom stereocenters. The first-order chi connectivity index (χ1) is 15.6. The van der Waals surface area contributed by atoms with Crippen LogP contribution in [0.1, 0.15) is 49.9 Å². The van der Waals surface area contributed by atoms with Gasteiger partial charge in [-0.2, -0.15) is 22.7 Å². The fraction of sp³-hybridized carbons (Fsp3) is 0.500. The number of fused-ring (bicyclic) bond motifs is 3. The van der Waals surface area contributed by atoms with E-state index >= 15 is 0 Å². The quantitative estimate of drug-likeness (QED) is 0.295. The van der Waals surface area contributed by atoms with Crippen LogP contribution in [0.25, 0.3) is 22.9 Å². The molecule has 1 aromatic carbocycles. The number of benzene rings is 1. The lowest BCUT2D eigenvalue weighted by Crippen LogP contribution is -2.28. The first-order valence-corrected chi connectivity index (χ1v) is 11.6. The molecule has 11 heteroatoms. The standard InChI is InChI=1S/C20H23N5.C2Cl2F4/c1-2-17-16-12-13-24-19(14-8-4-3-5-9-14)21-22-20(24)18(16)25(23-17)15-10-6-7-11-15;3-1(4,5)2(6,7)8/h3-5,8-9,15H,2,6-7,10-13H2,1H3;. The van der Waals surface area contributed by atoms with Crippen molar-refractivity contribution in [3.63, 3.8) is 0 Å². The van der Waals surface area contributed by atoms with Gasteiger partial charge in [-0.15, -0.1) is 10.2 Å². The molecule has 1 aliphatic heterocycles. The Morgan fingerprint density at radius 2 is 1.61 bits per heavy atom. The van der Waals surface area contributed by atoms with Crippen molar-refractivity contribution in [3.8, 4) is 22.9 Å². The number of hydrogen-bond acceptors (Lipinski definition) is 3. The fourth-order valence-electron chi connectivity index (χ4n) is 4.43. The molecule has 0 saturated heterocycles. The van der Waals surface area contributed by atoms with Crippen LogP contribution >= 0.6 is 23.2 Å². The molecule has 0 bridgehead atoms. The second-order valence-electron chi connectivity index (χ2n) is 8.12. The van der Waals surface area contributed by atoms with E-state index in [1.54, 1.807) is 0 Å². The zero-order valence-electron chi connectivity index (χ0n) is 17.9. The highest BCUT2D eigenvalue weighted by Crippen LogP contribution is 2.41. The third-order valence-electron chi connectivity index (χ3n) is 6.00. The summed E-state index contributed by atoms with van der Waals surface area (Å²) >= 11 is 7.97. The number of hydrogen-bond donors (Lipinski definition) is 0. The summed E-state index contributed by atoms with van der Waals surface area (Å²) in [5.41, 5.74) is 5.00. The lowest BCUT2D eigenvalue weighted by atomic mass is 10.0. The zero-order chi connectivity index (χ0) is 23.8. The van der Waals surface area contributed by atoms with Crippen molar-refractivity contribution >= 4 is 23.2 Å². The van der Waals surface area contributed by atoms with Crippen molar-refractivity contribution < 1.29 is 17.6 Å². The van der Waals surface area contributed by atoms with Crippen LogP contribution in [0, 0.1) is 0 Å². The summed E-state index contributed by atoms with van der Waals surface area (Å²) in [6.45, 7) is 3.14. The lowest BCUT2D eigenvalue weighted by Gasteiger charge is -2.20. The third-order valence-corrected chi connectivity index (χ3v) is 6.43. The van der Waals surface area contributed by atoms with E-state index < -0.39 is 10.8 Å². The normalized spacial score (nSPS) is 16.2. The van der Waals surface area contributed by atoms with Gasteiger partial charge in [-0.25, -0.2) is 0 Å². The highest BCUT2D eigenvalue weighted by molar-refractivity contribution is 6.47. The zero-order valence-corrected chi connectivity index (χ0v) is 19.4. The monoisotopic (exact) mass is 503 g/mol. The highest BCUT2D eigenvalue weighted by Gasteiger charge is 2.53. The van der Waals surface area contributed by atoms with E-state index in [4.69, 9.17) is 5.10 Å². The number of halogens is 6. The van der Waals surface area contributed by atoms with Gasteiger partial charge in [-0.1, -0.05) is 73.3 Å². The Hall–Kier alpha value is -2.13.